The molecule has 0 bridgehead atoms. The zero-order chi connectivity index (χ0) is 7.90. The molecular formula is C8H10N2O. The molecule has 1 aliphatic heterocycles. The third-order valence-corrected chi connectivity index (χ3v) is 1.58. The summed E-state index contributed by atoms with van der Waals surface area (Å²) in [6.07, 6.45) is 3.49. The standard InChI is InChI=1S/C8H10N2O/c1-8(2)10-6-5-9-4-3-7(6)11-8/h3-5,10H,1-2H3. The van der Waals surface area contributed by atoms with Crippen molar-refractivity contribution < 1.29 is 4.74 Å². The van der Waals surface area contributed by atoms with Gasteiger partial charge in [-0.3, -0.25) is 4.98 Å². The molecule has 11 heavy (non-hydrogen) atoms. The van der Waals surface area contributed by atoms with E-state index >= 15 is 0 Å². The van der Waals surface area contributed by atoms with E-state index in [2.05, 4.69) is 10.3 Å². The molecule has 0 unspecified atom stereocenters. The molecule has 0 spiro atoms. The lowest BCUT2D eigenvalue weighted by Gasteiger charge is -2.17. The topological polar surface area (TPSA) is 34.2 Å². The van der Waals surface area contributed by atoms with Crippen LogP contribution in [0.4, 0.5) is 5.69 Å². The number of nitrogens with zero attached hydrogens (tertiary/aromatic N) is 1. The number of aromatic nitrogens is 1. The molecule has 0 aromatic carbocycles. The smallest absolute Gasteiger partial charge is 0.175 e. The zero-order valence-corrected chi connectivity index (χ0v) is 6.59. The lowest BCUT2D eigenvalue weighted by molar-refractivity contribution is 0.162. The summed E-state index contributed by atoms with van der Waals surface area (Å²) in [4.78, 5) is 3.98. The van der Waals surface area contributed by atoms with Gasteiger partial charge in [0.2, 0.25) is 0 Å². The highest BCUT2D eigenvalue weighted by Crippen LogP contribution is 2.34. The van der Waals surface area contributed by atoms with Gasteiger partial charge in [0.25, 0.3) is 0 Å². The predicted molar refractivity (Wildman–Crippen MR) is 42.6 cm³/mol. The molecule has 0 radical (unpaired) electrons. The summed E-state index contributed by atoms with van der Waals surface area (Å²) in [5.74, 6) is 0.880. The van der Waals surface area contributed by atoms with Gasteiger partial charge in [-0.05, 0) is 13.8 Å². The van der Waals surface area contributed by atoms with E-state index < -0.39 is 0 Å². The quantitative estimate of drug-likeness (QED) is 0.610. The Morgan fingerprint density at radius 3 is 3.09 bits per heavy atom. The molecule has 0 amide bonds. The third-order valence-electron chi connectivity index (χ3n) is 1.58. The van der Waals surface area contributed by atoms with E-state index in [9.17, 15) is 0 Å². The second kappa shape index (κ2) is 1.87. The maximum Gasteiger partial charge on any atom is 0.175 e. The minimum Gasteiger partial charge on any atom is -0.467 e. The summed E-state index contributed by atoms with van der Waals surface area (Å²) in [7, 11) is 0. The summed E-state index contributed by atoms with van der Waals surface area (Å²) < 4.78 is 5.54. The Labute approximate surface area is 65.4 Å². The lowest BCUT2D eigenvalue weighted by Crippen LogP contribution is -2.31. The molecule has 0 saturated carbocycles. The Morgan fingerprint density at radius 2 is 2.36 bits per heavy atom. The van der Waals surface area contributed by atoms with E-state index in [0.29, 0.717) is 0 Å². The van der Waals surface area contributed by atoms with E-state index in [-0.39, 0.29) is 5.72 Å². The van der Waals surface area contributed by atoms with Crippen molar-refractivity contribution in [3.8, 4) is 5.75 Å². The van der Waals surface area contributed by atoms with Gasteiger partial charge in [0.05, 0.1) is 11.9 Å². The molecular weight excluding hydrogens is 140 g/mol. The van der Waals surface area contributed by atoms with Crippen molar-refractivity contribution in [2.75, 3.05) is 5.32 Å². The van der Waals surface area contributed by atoms with Crippen molar-refractivity contribution in [1.82, 2.24) is 4.98 Å². The van der Waals surface area contributed by atoms with E-state index in [1.54, 1.807) is 12.4 Å². The van der Waals surface area contributed by atoms with Crippen LogP contribution < -0.4 is 10.1 Å². The van der Waals surface area contributed by atoms with Gasteiger partial charge >= 0.3 is 0 Å². The highest BCUT2D eigenvalue weighted by atomic mass is 16.5. The van der Waals surface area contributed by atoms with E-state index in [1.807, 2.05) is 19.9 Å². The van der Waals surface area contributed by atoms with Crippen LogP contribution in [0, 0.1) is 0 Å². The van der Waals surface area contributed by atoms with Gasteiger partial charge in [0.15, 0.2) is 5.72 Å². The summed E-state index contributed by atoms with van der Waals surface area (Å²) >= 11 is 0. The molecule has 3 heteroatoms. The lowest BCUT2D eigenvalue weighted by atomic mass is 10.3. The molecule has 3 nitrogen and oxygen atoms in total. The van der Waals surface area contributed by atoms with Gasteiger partial charge in [-0.2, -0.15) is 0 Å². The van der Waals surface area contributed by atoms with Crippen molar-refractivity contribution >= 4 is 5.69 Å². The highest BCUT2D eigenvalue weighted by Gasteiger charge is 2.28. The Kier molecular flexibility index (Phi) is 1.10. The molecule has 58 valence electrons. The van der Waals surface area contributed by atoms with Crippen LogP contribution in [0.3, 0.4) is 0 Å². The fourth-order valence-electron chi connectivity index (χ4n) is 1.19. The molecule has 0 saturated heterocycles. The Balaban J connectivity index is 2.41. The zero-order valence-electron chi connectivity index (χ0n) is 6.59. The second-order valence-corrected chi connectivity index (χ2v) is 3.11. The van der Waals surface area contributed by atoms with Crippen LogP contribution in [0.15, 0.2) is 18.5 Å². The fraction of sp³-hybridized carbons (Fsp3) is 0.375. The third kappa shape index (κ3) is 1.02. The van der Waals surface area contributed by atoms with Crippen molar-refractivity contribution in [2.24, 2.45) is 0 Å². The number of rotatable bonds is 0. The minimum absolute atomic E-state index is 0.286. The molecule has 1 aromatic rings. The molecule has 0 atom stereocenters. The van der Waals surface area contributed by atoms with Crippen LogP contribution >= 0.6 is 0 Å². The monoisotopic (exact) mass is 150 g/mol. The van der Waals surface area contributed by atoms with Gasteiger partial charge in [-0.15, -0.1) is 0 Å². The maximum absolute atomic E-state index is 5.54. The number of ether oxygens (including phenoxy) is 1. The van der Waals surface area contributed by atoms with Gasteiger partial charge in [-0.1, -0.05) is 0 Å². The number of hydrogen-bond donors (Lipinski definition) is 1. The summed E-state index contributed by atoms with van der Waals surface area (Å²) in [5.41, 5.74) is 0.684. The number of nitrogens with one attached hydrogen (secondary N) is 1. The largest absolute Gasteiger partial charge is 0.467 e. The highest BCUT2D eigenvalue weighted by molar-refractivity contribution is 5.59. The average molecular weight is 150 g/mol. The SMILES string of the molecule is CC1(C)Nc2cnccc2O1. The normalized spacial score (nSPS) is 18.4. The number of fused-ring (bicyclic) bond motifs is 1. The van der Waals surface area contributed by atoms with Crippen LogP contribution in [-0.4, -0.2) is 10.7 Å². The minimum atomic E-state index is -0.286. The molecule has 1 aliphatic rings. The molecule has 0 fully saturated rings. The first kappa shape index (κ1) is 6.46. The predicted octanol–water partition coefficient (Wildman–Crippen LogP) is 1.62. The molecule has 0 aliphatic carbocycles. The van der Waals surface area contributed by atoms with E-state index in [0.717, 1.165) is 11.4 Å². The van der Waals surface area contributed by atoms with E-state index in [4.69, 9.17) is 4.74 Å². The van der Waals surface area contributed by atoms with Crippen LogP contribution in [0.2, 0.25) is 0 Å². The van der Waals surface area contributed by atoms with Crippen molar-refractivity contribution in [3.63, 3.8) is 0 Å². The first-order chi connectivity index (χ1) is 5.17. The number of anilines is 1. The van der Waals surface area contributed by atoms with Crippen LogP contribution in [0.5, 0.6) is 5.75 Å². The van der Waals surface area contributed by atoms with Crippen LogP contribution in [-0.2, 0) is 0 Å². The number of hydrogen-bond acceptors (Lipinski definition) is 3. The summed E-state index contributed by atoms with van der Waals surface area (Å²) in [5, 5.41) is 3.19. The van der Waals surface area contributed by atoms with Crippen LogP contribution in [0.25, 0.3) is 0 Å². The van der Waals surface area contributed by atoms with E-state index in [1.165, 1.54) is 0 Å². The number of pyridine rings is 1. The van der Waals surface area contributed by atoms with Gasteiger partial charge in [0, 0.05) is 12.3 Å². The fourth-order valence-corrected chi connectivity index (χ4v) is 1.19. The molecule has 1 N–H and O–H groups in total. The molecule has 2 rings (SSSR count). The summed E-state index contributed by atoms with van der Waals surface area (Å²) in [6, 6.07) is 1.86. The maximum atomic E-state index is 5.54. The van der Waals surface area contributed by atoms with Gasteiger partial charge in [0.1, 0.15) is 5.75 Å². The van der Waals surface area contributed by atoms with Crippen molar-refractivity contribution in [3.05, 3.63) is 18.5 Å². The Morgan fingerprint density at radius 1 is 1.55 bits per heavy atom. The Hall–Kier alpha value is -1.25. The second-order valence-electron chi connectivity index (χ2n) is 3.11. The van der Waals surface area contributed by atoms with Crippen molar-refractivity contribution in [2.45, 2.75) is 19.6 Å². The summed E-state index contributed by atoms with van der Waals surface area (Å²) in [6.45, 7) is 3.96. The first-order valence-electron chi connectivity index (χ1n) is 3.59. The van der Waals surface area contributed by atoms with Gasteiger partial charge in [-0.25, -0.2) is 0 Å². The van der Waals surface area contributed by atoms with Crippen LogP contribution in [0.1, 0.15) is 13.8 Å². The Bertz CT molecular complexity index is 256. The molecule has 1 aromatic heterocycles. The molecule has 2 heterocycles. The van der Waals surface area contributed by atoms with Crippen molar-refractivity contribution in [1.29, 1.82) is 0 Å². The first-order valence-corrected chi connectivity index (χ1v) is 3.59. The van der Waals surface area contributed by atoms with Gasteiger partial charge < -0.3 is 10.1 Å². The average Bonchev–Trinajstić information content (AvgIpc) is 2.21.